The summed E-state index contributed by atoms with van der Waals surface area (Å²) in [7, 11) is 1.92. The molecular formula is C27H33FN6O. The second-order valence-corrected chi connectivity index (χ2v) is 8.70. The van der Waals surface area contributed by atoms with Gasteiger partial charge < -0.3 is 10.3 Å². The molecule has 1 aromatic carbocycles. The van der Waals surface area contributed by atoms with Crippen LogP contribution in [-0.2, 0) is 0 Å². The molecule has 1 amide bonds. The number of halogens is 1. The molecule has 7 nitrogen and oxygen atoms in total. The van der Waals surface area contributed by atoms with Crippen molar-refractivity contribution in [1.82, 2.24) is 25.3 Å². The van der Waals surface area contributed by atoms with Crippen LogP contribution in [0.2, 0.25) is 0 Å². The molecule has 1 aromatic heterocycles. The van der Waals surface area contributed by atoms with Crippen LogP contribution in [0.25, 0.3) is 17.1 Å². The van der Waals surface area contributed by atoms with Crippen LogP contribution in [0.4, 0.5) is 4.39 Å². The van der Waals surface area contributed by atoms with Crippen LogP contribution in [-0.4, -0.2) is 40.1 Å². The van der Waals surface area contributed by atoms with E-state index in [9.17, 15) is 9.18 Å². The number of carbonyl (C=O) groups excluding carboxylic acids is 1. The Labute approximate surface area is 206 Å². The molecule has 1 aliphatic heterocycles. The van der Waals surface area contributed by atoms with Crippen LogP contribution in [0.3, 0.4) is 0 Å². The first-order valence-electron chi connectivity index (χ1n) is 11.9. The number of amides is 1. The van der Waals surface area contributed by atoms with E-state index >= 15 is 0 Å². The number of hydrogen-bond acceptors (Lipinski definition) is 5. The van der Waals surface area contributed by atoms with Gasteiger partial charge >= 0.3 is 0 Å². The fourth-order valence-electron chi connectivity index (χ4n) is 4.14. The van der Waals surface area contributed by atoms with Gasteiger partial charge in [0.25, 0.3) is 5.91 Å². The minimum absolute atomic E-state index is 0.0404. The molecule has 3 rings (SSSR count). The molecule has 2 heterocycles. The number of imidazole rings is 1. The van der Waals surface area contributed by atoms with Crippen LogP contribution in [0, 0.1) is 24.1 Å². The number of nitrogens with zero attached hydrogens (tertiary/aromatic N) is 4. The minimum atomic E-state index is -0.627. The Balaban J connectivity index is 2.20. The summed E-state index contributed by atoms with van der Waals surface area (Å²) in [5.41, 5.74) is 6.40. The molecule has 1 atom stereocenters. The molecule has 0 saturated carbocycles. The predicted octanol–water partition coefficient (Wildman–Crippen LogP) is 4.93. The van der Waals surface area contributed by atoms with Crippen LogP contribution >= 0.6 is 0 Å². The molecule has 0 fully saturated rings. The van der Waals surface area contributed by atoms with Gasteiger partial charge in [0.15, 0.2) is 0 Å². The third-order valence-electron chi connectivity index (χ3n) is 5.91. The first kappa shape index (κ1) is 25.9. The molecule has 0 spiro atoms. The van der Waals surface area contributed by atoms with E-state index in [1.54, 1.807) is 6.07 Å². The summed E-state index contributed by atoms with van der Waals surface area (Å²) in [6.45, 7) is 8.56. The average Bonchev–Trinajstić information content (AvgIpc) is 3.20. The van der Waals surface area contributed by atoms with Gasteiger partial charge in [-0.05, 0) is 62.6 Å². The van der Waals surface area contributed by atoms with E-state index in [0.29, 0.717) is 29.3 Å². The van der Waals surface area contributed by atoms with Gasteiger partial charge in [-0.15, -0.1) is 0 Å². The van der Waals surface area contributed by atoms with Gasteiger partial charge in [0.1, 0.15) is 23.4 Å². The number of hydrazine groups is 1. The van der Waals surface area contributed by atoms with E-state index in [2.05, 4.69) is 17.7 Å². The van der Waals surface area contributed by atoms with Crippen molar-refractivity contribution in [3.63, 3.8) is 0 Å². The van der Waals surface area contributed by atoms with Crippen molar-refractivity contribution in [3.8, 4) is 17.5 Å². The summed E-state index contributed by atoms with van der Waals surface area (Å²) in [6, 6.07) is 6.30. The van der Waals surface area contributed by atoms with Crippen LogP contribution < -0.4 is 10.7 Å². The van der Waals surface area contributed by atoms with E-state index in [4.69, 9.17) is 10.2 Å². The van der Waals surface area contributed by atoms with Gasteiger partial charge in [0, 0.05) is 37.1 Å². The zero-order chi connectivity index (χ0) is 25.5. The molecule has 0 bridgehead atoms. The summed E-state index contributed by atoms with van der Waals surface area (Å²) in [6.07, 6.45) is 10.6. The Morgan fingerprint density at radius 1 is 1.34 bits per heavy atom. The monoisotopic (exact) mass is 476 g/mol. The summed E-state index contributed by atoms with van der Waals surface area (Å²) in [4.78, 5) is 18.0. The Morgan fingerprint density at radius 2 is 2.11 bits per heavy atom. The van der Waals surface area contributed by atoms with Crippen molar-refractivity contribution in [2.24, 2.45) is 0 Å². The third-order valence-corrected chi connectivity index (χ3v) is 5.91. The highest BCUT2D eigenvalue weighted by molar-refractivity contribution is 5.95. The zero-order valence-corrected chi connectivity index (χ0v) is 21.0. The fraction of sp³-hybridized carbons (Fsp3) is 0.370. The lowest BCUT2D eigenvalue weighted by atomic mass is 10.1. The molecule has 2 aromatic rings. The summed E-state index contributed by atoms with van der Waals surface area (Å²) >= 11 is 0. The highest BCUT2D eigenvalue weighted by Crippen LogP contribution is 2.29. The van der Waals surface area contributed by atoms with Crippen molar-refractivity contribution >= 4 is 11.6 Å². The lowest BCUT2D eigenvalue weighted by Gasteiger charge is -2.15. The molecule has 1 unspecified atom stereocenters. The lowest BCUT2D eigenvalue weighted by molar-refractivity contribution is 0.0928. The SMILES string of the molecule is CCCC(CC)NC(=O)c1nc(-c2ccc(C#N)c(F)c2)n(C2=C/C(C)=C/N(C)NC/C=C\2)c1C. The molecule has 184 valence electrons. The van der Waals surface area contributed by atoms with Crippen molar-refractivity contribution in [2.45, 2.75) is 53.0 Å². The second kappa shape index (κ2) is 11.6. The molecule has 0 radical (unpaired) electrons. The van der Waals surface area contributed by atoms with Gasteiger partial charge in [0.05, 0.1) is 11.3 Å². The molecule has 2 N–H and O–H groups in total. The van der Waals surface area contributed by atoms with Gasteiger partial charge in [-0.2, -0.15) is 5.26 Å². The Morgan fingerprint density at radius 3 is 2.77 bits per heavy atom. The highest BCUT2D eigenvalue weighted by Gasteiger charge is 2.24. The van der Waals surface area contributed by atoms with Crippen LogP contribution in [0.15, 0.2) is 48.2 Å². The zero-order valence-electron chi connectivity index (χ0n) is 21.0. The largest absolute Gasteiger partial charge is 0.348 e. The standard InChI is InChI=1S/C27H33FN6O/c1-6-9-22(7-2)31-27(35)25-19(4)34(23-10-8-13-30-33(5)17-18(3)14-23)26(32-25)20-11-12-21(16-29)24(28)15-20/h8,10-12,14-15,17,22,30H,6-7,9,13H2,1-5H3,(H,31,35)/b10-8-,18-17+,23-14+. The number of allylic oxidation sites excluding steroid dienone is 4. The van der Waals surface area contributed by atoms with Gasteiger partial charge in [0.2, 0.25) is 0 Å². The van der Waals surface area contributed by atoms with Crippen molar-refractivity contribution in [1.29, 1.82) is 5.26 Å². The maximum Gasteiger partial charge on any atom is 0.272 e. The third kappa shape index (κ3) is 6.06. The highest BCUT2D eigenvalue weighted by atomic mass is 19.1. The normalized spacial score (nSPS) is 18.7. The van der Waals surface area contributed by atoms with Crippen LogP contribution in [0.5, 0.6) is 0 Å². The topological polar surface area (TPSA) is 86.0 Å². The average molecular weight is 477 g/mol. The van der Waals surface area contributed by atoms with Gasteiger partial charge in [-0.1, -0.05) is 26.3 Å². The van der Waals surface area contributed by atoms with E-state index in [1.807, 2.05) is 67.9 Å². The first-order valence-corrected chi connectivity index (χ1v) is 11.9. The number of benzene rings is 1. The lowest BCUT2D eigenvalue weighted by Crippen LogP contribution is -2.34. The van der Waals surface area contributed by atoms with E-state index < -0.39 is 5.82 Å². The number of nitriles is 1. The summed E-state index contributed by atoms with van der Waals surface area (Å²) in [5, 5.41) is 14.1. The maximum absolute atomic E-state index is 14.6. The maximum atomic E-state index is 14.6. The number of rotatable bonds is 7. The van der Waals surface area contributed by atoms with Crippen molar-refractivity contribution in [2.75, 3.05) is 13.6 Å². The smallest absolute Gasteiger partial charge is 0.272 e. The van der Waals surface area contributed by atoms with E-state index in [1.165, 1.54) is 12.1 Å². The van der Waals surface area contributed by atoms with Gasteiger partial charge in [-0.25, -0.2) is 14.8 Å². The predicted molar refractivity (Wildman–Crippen MR) is 136 cm³/mol. The molecular weight excluding hydrogens is 443 g/mol. The Hall–Kier alpha value is -3.70. The van der Waals surface area contributed by atoms with Gasteiger partial charge in [-0.3, -0.25) is 9.36 Å². The number of carbonyl (C=O) groups is 1. The molecule has 0 aliphatic carbocycles. The minimum Gasteiger partial charge on any atom is -0.348 e. The van der Waals surface area contributed by atoms with E-state index in [0.717, 1.165) is 30.5 Å². The van der Waals surface area contributed by atoms with Crippen molar-refractivity contribution in [3.05, 3.63) is 71.0 Å². The Bertz CT molecular complexity index is 1220. The fourth-order valence-corrected chi connectivity index (χ4v) is 4.14. The molecule has 1 aliphatic rings. The molecule has 0 saturated heterocycles. The quantitative estimate of drug-likeness (QED) is 0.592. The van der Waals surface area contributed by atoms with Crippen molar-refractivity contribution < 1.29 is 9.18 Å². The number of hydrogen-bond donors (Lipinski definition) is 2. The molecule has 35 heavy (non-hydrogen) atoms. The molecule has 8 heteroatoms. The number of aromatic nitrogens is 2. The van der Waals surface area contributed by atoms with Crippen LogP contribution in [0.1, 0.15) is 61.8 Å². The Kier molecular flexibility index (Phi) is 8.61. The first-order chi connectivity index (χ1) is 16.8. The summed E-state index contributed by atoms with van der Waals surface area (Å²) < 4.78 is 16.4. The van der Waals surface area contributed by atoms with E-state index in [-0.39, 0.29) is 17.5 Å². The number of nitrogens with one attached hydrogen (secondary N) is 2. The second-order valence-electron chi connectivity index (χ2n) is 8.70. The summed E-state index contributed by atoms with van der Waals surface area (Å²) in [5.74, 6) is -0.444.